The van der Waals surface area contributed by atoms with Gasteiger partial charge in [0.05, 0.1) is 12.3 Å². The molecule has 0 amide bonds. The van der Waals surface area contributed by atoms with E-state index in [1.54, 1.807) is 6.07 Å². The molecule has 1 aromatic carbocycles. The average Bonchev–Trinajstić information content (AvgIpc) is 2.15. The van der Waals surface area contributed by atoms with Crippen LogP contribution in [-0.4, -0.2) is 17.3 Å². The second kappa shape index (κ2) is 5.21. The number of carbonyl (C=O) groups is 1. The summed E-state index contributed by atoms with van der Waals surface area (Å²) in [6.45, 7) is 1.53. The largest absolute Gasteiger partial charge is 0.481 e. The molecule has 0 spiro atoms. The van der Waals surface area contributed by atoms with Crippen molar-refractivity contribution in [1.82, 2.24) is 0 Å². The third-order valence-electron chi connectivity index (χ3n) is 2.36. The standard InChI is InChI=1S/C12H13F3O2/c1-8(11(16)17)5-9-3-2-4-10(6-9)7-12(13,14)15/h2-4,6,8H,5,7H2,1H3,(H,16,17). The topological polar surface area (TPSA) is 37.3 Å². The van der Waals surface area contributed by atoms with Crippen LogP contribution in [0, 0.1) is 5.92 Å². The van der Waals surface area contributed by atoms with Gasteiger partial charge in [-0.15, -0.1) is 0 Å². The average molecular weight is 246 g/mol. The molecule has 0 aliphatic heterocycles. The zero-order valence-electron chi connectivity index (χ0n) is 9.29. The molecule has 1 unspecified atom stereocenters. The number of alkyl halides is 3. The lowest BCUT2D eigenvalue weighted by Crippen LogP contribution is -2.14. The molecule has 0 saturated heterocycles. The molecular weight excluding hydrogens is 233 g/mol. The minimum absolute atomic E-state index is 0.160. The molecular formula is C12H13F3O2. The van der Waals surface area contributed by atoms with E-state index in [-0.39, 0.29) is 12.0 Å². The maximum absolute atomic E-state index is 12.2. The van der Waals surface area contributed by atoms with Crippen LogP contribution in [0.3, 0.4) is 0 Å². The number of hydrogen-bond donors (Lipinski definition) is 1. The van der Waals surface area contributed by atoms with Crippen molar-refractivity contribution in [2.24, 2.45) is 5.92 Å². The van der Waals surface area contributed by atoms with E-state index in [0.29, 0.717) is 5.56 Å². The maximum atomic E-state index is 12.2. The first kappa shape index (κ1) is 13.5. The number of hydrogen-bond acceptors (Lipinski definition) is 1. The van der Waals surface area contributed by atoms with E-state index in [4.69, 9.17) is 5.11 Å². The smallest absolute Gasteiger partial charge is 0.393 e. The summed E-state index contributed by atoms with van der Waals surface area (Å²) < 4.78 is 36.5. The van der Waals surface area contributed by atoms with Gasteiger partial charge in [-0.05, 0) is 17.5 Å². The van der Waals surface area contributed by atoms with Crippen LogP contribution in [0.1, 0.15) is 18.1 Å². The van der Waals surface area contributed by atoms with Crippen LogP contribution in [0.25, 0.3) is 0 Å². The number of carboxylic acid groups (broad SMARTS) is 1. The fourth-order valence-electron chi connectivity index (χ4n) is 1.54. The van der Waals surface area contributed by atoms with Gasteiger partial charge in [-0.25, -0.2) is 0 Å². The highest BCUT2D eigenvalue weighted by Crippen LogP contribution is 2.22. The van der Waals surface area contributed by atoms with Crippen LogP contribution in [-0.2, 0) is 17.6 Å². The van der Waals surface area contributed by atoms with Gasteiger partial charge < -0.3 is 5.11 Å². The number of halogens is 3. The number of benzene rings is 1. The quantitative estimate of drug-likeness (QED) is 0.886. The van der Waals surface area contributed by atoms with Crippen molar-refractivity contribution in [3.05, 3.63) is 35.4 Å². The van der Waals surface area contributed by atoms with Gasteiger partial charge in [0.2, 0.25) is 0 Å². The van der Waals surface area contributed by atoms with Gasteiger partial charge in [0.25, 0.3) is 0 Å². The Bertz CT molecular complexity index is 399. The molecule has 0 aliphatic rings. The second-order valence-electron chi connectivity index (χ2n) is 4.06. The molecule has 94 valence electrons. The molecule has 0 aromatic heterocycles. The number of aliphatic carboxylic acids is 1. The molecule has 17 heavy (non-hydrogen) atoms. The highest BCUT2D eigenvalue weighted by molar-refractivity contribution is 5.69. The van der Waals surface area contributed by atoms with E-state index in [2.05, 4.69) is 0 Å². The summed E-state index contributed by atoms with van der Waals surface area (Å²) >= 11 is 0. The van der Waals surface area contributed by atoms with Crippen molar-refractivity contribution in [1.29, 1.82) is 0 Å². The van der Waals surface area contributed by atoms with Gasteiger partial charge in [0, 0.05) is 0 Å². The normalized spacial score (nSPS) is 13.4. The van der Waals surface area contributed by atoms with Gasteiger partial charge in [0.1, 0.15) is 0 Å². The predicted octanol–water partition coefficient (Wildman–Crippen LogP) is 3.05. The van der Waals surface area contributed by atoms with Crippen molar-refractivity contribution >= 4 is 5.97 Å². The van der Waals surface area contributed by atoms with Crippen LogP contribution in [0.5, 0.6) is 0 Å². The summed E-state index contributed by atoms with van der Waals surface area (Å²) in [5.74, 6) is -1.55. The van der Waals surface area contributed by atoms with Crippen LogP contribution in [0.15, 0.2) is 24.3 Å². The fraction of sp³-hybridized carbons (Fsp3) is 0.417. The van der Waals surface area contributed by atoms with Crippen molar-refractivity contribution in [2.45, 2.75) is 25.9 Å². The Morgan fingerprint density at radius 2 is 1.94 bits per heavy atom. The zero-order chi connectivity index (χ0) is 13.1. The highest BCUT2D eigenvalue weighted by atomic mass is 19.4. The number of carboxylic acids is 1. The number of rotatable bonds is 4. The van der Waals surface area contributed by atoms with Crippen molar-refractivity contribution < 1.29 is 23.1 Å². The van der Waals surface area contributed by atoms with Crippen LogP contribution in [0.4, 0.5) is 13.2 Å². The van der Waals surface area contributed by atoms with E-state index >= 15 is 0 Å². The van der Waals surface area contributed by atoms with Crippen LogP contribution in [0.2, 0.25) is 0 Å². The maximum Gasteiger partial charge on any atom is 0.393 e. The fourth-order valence-corrected chi connectivity index (χ4v) is 1.54. The summed E-state index contributed by atoms with van der Waals surface area (Å²) in [7, 11) is 0. The van der Waals surface area contributed by atoms with Crippen LogP contribution < -0.4 is 0 Å². The zero-order valence-corrected chi connectivity index (χ0v) is 9.29. The first-order valence-electron chi connectivity index (χ1n) is 5.15. The Hall–Kier alpha value is -1.52. The Morgan fingerprint density at radius 3 is 2.47 bits per heavy atom. The molecule has 1 N–H and O–H groups in total. The van der Waals surface area contributed by atoms with Crippen molar-refractivity contribution in [3.8, 4) is 0 Å². The van der Waals surface area contributed by atoms with Crippen molar-refractivity contribution in [3.63, 3.8) is 0 Å². The Kier molecular flexibility index (Phi) is 4.15. The molecule has 2 nitrogen and oxygen atoms in total. The minimum Gasteiger partial charge on any atom is -0.481 e. The van der Waals surface area contributed by atoms with Gasteiger partial charge in [0.15, 0.2) is 0 Å². The molecule has 0 aliphatic carbocycles. The first-order valence-corrected chi connectivity index (χ1v) is 5.15. The Balaban J connectivity index is 2.76. The molecule has 0 saturated carbocycles. The molecule has 1 aromatic rings. The Morgan fingerprint density at radius 1 is 1.35 bits per heavy atom. The summed E-state index contributed by atoms with van der Waals surface area (Å²) in [5, 5.41) is 8.72. The molecule has 5 heteroatoms. The second-order valence-corrected chi connectivity index (χ2v) is 4.06. The van der Waals surface area contributed by atoms with Crippen LogP contribution >= 0.6 is 0 Å². The lowest BCUT2D eigenvalue weighted by molar-refractivity contribution is -0.141. The molecule has 0 radical (unpaired) electrons. The highest BCUT2D eigenvalue weighted by Gasteiger charge is 2.27. The van der Waals surface area contributed by atoms with Gasteiger partial charge in [-0.3, -0.25) is 4.79 Å². The molecule has 0 bridgehead atoms. The Labute approximate surface area is 97.1 Å². The van der Waals surface area contributed by atoms with E-state index in [1.807, 2.05) is 0 Å². The first-order chi connectivity index (χ1) is 7.78. The van der Waals surface area contributed by atoms with E-state index in [0.717, 1.165) is 0 Å². The summed E-state index contributed by atoms with van der Waals surface area (Å²) in [4.78, 5) is 10.6. The summed E-state index contributed by atoms with van der Waals surface area (Å²) in [6.07, 6.45) is -4.99. The van der Waals surface area contributed by atoms with Gasteiger partial charge in [-0.2, -0.15) is 13.2 Å². The monoisotopic (exact) mass is 246 g/mol. The van der Waals surface area contributed by atoms with E-state index in [1.165, 1.54) is 25.1 Å². The predicted molar refractivity (Wildman–Crippen MR) is 56.7 cm³/mol. The minimum atomic E-state index is -4.24. The lowest BCUT2D eigenvalue weighted by atomic mass is 9.99. The van der Waals surface area contributed by atoms with Crippen molar-refractivity contribution in [2.75, 3.05) is 0 Å². The molecule has 1 rings (SSSR count). The van der Waals surface area contributed by atoms with E-state index < -0.39 is 24.5 Å². The molecule has 1 atom stereocenters. The summed E-state index contributed by atoms with van der Waals surface area (Å²) in [6, 6.07) is 5.96. The lowest BCUT2D eigenvalue weighted by Gasteiger charge is -2.10. The van der Waals surface area contributed by atoms with Gasteiger partial charge in [-0.1, -0.05) is 31.2 Å². The SMILES string of the molecule is CC(Cc1cccc(CC(F)(F)F)c1)C(=O)O. The van der Waals surface area contributed by atoms with E-state index in [9.17, 15) is 18.0 Å². The molecule has 0 heterocycles. The summed E-state index contributed by atoms with van der Waals surface area (Å²) in [5.41, 5.74) is 0.772. The third-order valence-corrected chi connectivity index (χ3v) is 2.36. The molecule has 0 fully saturated rings. The van der Waals surface area contributed by atoms with Gasteiger partial charge >= 0.3 is 12.1 Å². The third kappa shape index (κ3) is 4.89.